The van der Waals surface area contributed by atoms with Crippen LogP contribution in [0.3, 0.4) is 0 Å². The molecule has 1 amide bonds. The lowest BCUT2D eigenvalue weighted by Gasteiger charge is -2.15. The molecule has 1 heterocycles. The maximum Gasteiger partial charge on any atom is 0.417 e. The smallest absolute Gasteiger partial charge is 0.417 e. The number of pyridine rings is 1. The molecule has 0 fully saturated rings. The molecular weight excluding hydrogens is 379 g/mol. The van der Waals surface area contributed by atoms with Crippen molar-refractivity contribution in [3.63, 3.8) is 0 Å². The number of alkyl halides is 3. The van der Waals surface area contributed by atoms with Crippen LogP contribution in [-0.4, -0.2) is 21.9 Å². The van der Waals surface area contributed by atoms with Crippen LogP contribution >= 0.6 is 11.6 Å². The maximum absolute atomic E-state index is 12.8. The number of amides is 1. The molecule has 1 unspecified atom stereocenters. The fourth-order valence-electron chi connectivity index (χ4n) is 1.92. The van der Waals surface area contributed by atoms with Crippen molar-refractivity contribution in [2.45, 2.75) is 19.2 Å². The van der Waals surface area contributed by atoms with Gasteiger partial charge in [-0.3, -0.25) is 4.79 Å². The number of anilines is 1. The molecule has 0 aliphatic carbocycles. The van der Waals surface area contributed by atoms with E-state index in [9.17, 15) is 28.1 Å². The van der Waals surface area contributed by atoms with Crippen molar-refractivity contribution in [2.75, 3.05) is 5.32 Å². The Kier molecular flexibility index (Phi) is 5.66. The van der Waals surface area contributed by atoms with E-state index in [1.807, 2.05) is 0 Å². The number of benzene rings is 1. The molecule has 0 radical (unpaired) electrons. The quantitative estimate of drug-likeness (QED) is 0.614. The molecule has 26 heavy (non-hydrogen) atoms. The lowest BCUT2D eigenvalue weighted by atomic mass is 10.2. The summed E-state index contributed by atoms with van der Waals surface area (Å²) < 4.78 is 43.7. The zero-order valence-corrected chi connectivity index (χ0v) is 13.8. The zero-order valence-electron chi connectivity index (χ0n) is 13.1. The van der Waals surface area contributed by atoms with Crippen LogP contribution in [0, 0.1) is 10.1 Å². The molecule has 1 atom stereocenters. The highest BCUT2D eigenvalue weighted by Crippen LogP contribution is 2.36. The van der Waals surface area contributed by atoms with Crippen molar-refractivity contribution in [1.29, 1.82) is 0 Å². The molecule has 0 saturated carbocycles. The Balaban J connectivity index is 2.14. The molecule has 7 nitrogen and oxygen atoms in total. The highest BCUT2D eigenvalue weighted by atomic mass is 35.5. The Labute approximate surface area is 149 Å². The molecule has 2 aromatic rings. The summed E-state index contributed by atoms with van der Waals surface area (Å²) in [6, 6.07) is 5.49. The van der Waals surface area contributed by atoms with Crippen molar-refractivity contribution < 1.29 is 27.6 Å². The number of ether oxygens (including phenoxy) is 1. The van der Waals surface area contributed by atoms with Gasteiger partial charge >= 0.3 is 12.0 Å². The third-order valence-corrected chi connectivity index (χ3v) is 3.47. The van der Waals surface area contributed by atoms with Crippen LogP contribution in [0.4, 0.5) is 24.7 Å². The fourth-order valence-corrected chi connectivity index (χ4v) is 2.14. The van der Waals surface area contributed by atoms with E-state index in [0.717, 1.165) is 6.07 Å². The van der Waals surface area contributed by atoms with E-state index in [0.29, 0.717) is 6.07 Å². The number of carbonyl (C=O) groups excluding carboxylic acids is 1. The predicted molar refractivity (Wildman–Crippen MR) is 86.1 cm³/mol. The van der Waals surface area contributed by atoms with Crippen LogP contribution in [0.5, 0.6) is 5.75 Å². The second kappa shape index (κ2) is 7.56. The molecule has 0 aliphatic rings. The van der Waals surface area contributed by atoms with Crippen LogP contribution in [-0.2, 0) is 11.0 Å². The highest BCUT2D eigenvalue weighted by Gasteiger charge is 2.33. The van der Waals surface area contributed by atoms with Crippen molar-refractivity contribution >= 4 is 29.0 Å². The highest BCUT2D eigenvalue weighted by molar-refractivity contribution is 6.31. The third-order valence-electron chi connectivity index (χ3n) is 3.14. The van der Waals surface area contributed by atoms with E-state index in [-0.39, 0.29) is 11.4 Å². The van der Waals surface area contributed by atoms with Crippen LogP contribution in [0.2, 0.25) is 5.02 Å². The van der Waals surface area contributed by atoms with Gasteiger partial charge in [0.1, 0.15) is 6.20 Å². The average molecular weight is 390 g/mol. The summed E-state index contributed by atoms with van der Waals surface area (Å²) in [5.74, 6) is -1.64. The van der Waals surface area contributed by atoms with E-state index in [4.69, 9.17) is 16.3 Å². The van der Waals surface area contributed by atoms with E-state index in [1.165, 1.54) is 31.3 Å². The normalized spacial score (nSPS) is 12.3. The van der Waals surface area contributed by atoms with Gasteiger partial charge in [0.15, 0.2) is 6.10 Å². The van der Waals surface area contributed by atoms with E-state index in [1.54, 1.807) is 0 Å². The van der Waals surface area contributed by atoms with Gasteiger partial charge < -0.3 is 20.2 Å². The first kappa shape index (κ1) is 19.4. The Morgan fingerprint density at radius 1 is 1.38 bits per heavy atom. The van der Waals surface area contributed by atoms with Gasteiger partial charge in [0.05, 0.1) is 10.6 Å². The second-order valence-corrected chi connectivity index (χ2v) is 5.43. The van der Waals surface area contributed by atoms with Crippen LogP contribution in [0.1, 0.15) is 12.5 Å². The summed E-state index contributed by atoms with van der Waals surface area (Å²) in [5, 5.41) is 12.6. The molecule has 1 aromatic heterocycles. The number of carbonyl (C=O) groups is 1. The van der Waals surface area contributed by atoms with Gasteiger partial charge in [-0.15, -0.1) is 0 Å². The first-order chi connectivity index (χ1) is 12.1. The van der Waals surface area contributed by atoms with Gasteiger partial charge in [-0.2, -0.15) is 13.2 Å². The Hall–Kier alpha value is -2.88. The molecule has 0 aliphatic heterocycles. The van der Waals surface area contributed by atoms with Gasteiger partial charge in [-0.1, -0.05) is 11.6 Å². The monoisotopic (exact) mass is 389 g/mol. The minimum Gasteiger partial charge on any atom is -0.473 e. The summed E-state index contributed by atoms with van der Waals surface area (Å²) in [6.07, 6.45) is -4.74. The maximum atomic E-state index is 12.8. The number of hydrogen-bond acceptors (Lipinski definition) is 5. The number of nitrogens with zero attached hydrogens (tertiary/aromatic N) is 2. The molecule has 138 valence electrons. The largest absolute Gasteiger partial charge is 0.473 e. The van der Waals surface area contributed by atoms with Crippen LogP contribution in [0.15, 0.2) is 36.5 Å². The molecule has 1 N–H and O–H groups in total. The van der Waals surface area contributed by atoms with E-state index < -0.39 is 39.5 Å². The number of rotatable bonds is 5. The minimum absolute atomic E-state index is 0.150. The Morgan fingerprint density at radius 2 is 2.08 bits per heavy atom. The van der Waals surface area contributed by atoms with Gasteiger partial charge in [0, 0.05) is 5.69 Å². The molecule has 11 heteroatoms. The van der Waals surface area contributed by atoms with Crippen molar-refractivity contribution in [2.24, 2.45) is 0 Å². The van der Waals surface area contributed by atoms with E-state index in [2.05, 4.69) is 10.3 Å². The molecule has 0 saturated heterocycles. The molecular formula is C15H11ClF3N3O4. The predicted octanol–water partition coefficient (Wildman–Crippen LogP) is 4.07. The number of hydrogen-bond donors (Lipinski definition) is 1. The SMILES string of the molecule is CC(Oc1cccnc1[N+](=O)[O-])C(=O)Nc1ccc(Cl)c(C(F)(F)F)c1. The standard InChI is InChI=1S/C15H11ClF3N3O4/c1-8(26-12-3-2-6-20-13(12)22(24)25)14(23)21-9-4-5-11(16)10(7-9)15(17,18)19/h2-8H,1H3,(H,21,23). The minimum atomic E-state index is -4.68. The first-order valence-corrected chi connectivity index (χ1v) is 7.41. The van der Waals surface area contributed by atoms with Crippen LogP contribution < -0.4 is 10.1 Å². The Morgan fingerprint density at radius 3 is 2.69 bits per heavy atom. The van der Waals surface area contributed by atoms with E-state index >= 15 is 0 Å². The summed E-state index contributed by atoms with van der Waals surface area (Å²) in [5.41, 5.74) is -1.25. The molecule has 1 aromatic carbocycles. The fraction of sp³-hybridized carbons (Fsp3) is 0.200. The van der Waals surface area contributed by atoms with Gasteiger partial charge in [0.2, 0.25) is 5.75 Å². The third kappa shape index (κ3) is 4.60. The van der Waals surface area contributed by atoms with Crippen LogP contribution in [0.25, 0.3) is 0 Å². The molecule has 0 spiro atoms. The first-order valence-electron chi connectivity index (χ1n) is 7.03. The van der Waals surface area contributed by atoms with Gasteiger partial charge in [-0.25, -0.2) is 0 Å². The summed E-state index contributed by atoms with van der Waals surface area (Å²) >= 11 is 5.51. The lowest BCUT2D eigenvalue weighted by Crippen LogP contribution is -2.30. The average Bonchev–Trinajstić information content (AvgIpc) is 2.55. The topological polar surface area (TPSA) is 94.4 Å². The van der Waals surface area contributed by atoms with Gasteiger partial charge in [-0.05, 0) is 47.2 Å². The van der Waals surface area contributed by atoms with Crippen molar-refractivity contribution in [3.8, 4) is 5.75 Å². The number of nitro groups is 1. The number of nitrogens with one attached hydrogen (secondary N) is 1. The van der Waals surface area contributed by atoms with Crippen molar-refractivity contribution in [1.82, 2.24) is 4.98 Å². The summed E-state index contributed by atoms with van der Waals surface area (Å²) in [4.78, 5) is 25.7. The molecule has 0 bridgehead atoms. The Bertz CT molecular complexity index is 845. The number of aromatic nitrogens is 1. The summed E-state index contributed by atoms with van der Waals surface area (Å²) in [7, 11) is 0. The second-order valence-electron chi connectivity index (χ2n) is 5.02. The van der Waals surface area contributed by atoms with Gasteiger partial charge in [0.25, 0.3) is 5.91 Å². The zero-order chi connectivity index (χ0) is 19.5. The molecule has 2 rings (SSSR count). The lowest BCUT2D eigenvalue weighted by molar-refractivity contribution is -0.390. The summed E-state index contributed by atoms with van der Waals surface area (Å²) in [6.45, 7) is 1.28. The number of halogens is 4. The van der Waals surface area contributed by atoms with Crippen molar-refractivity contribution in [3.05, 3.63) is 57.2 Å².